The molecule has 0 saturated heterocycles. The molecule has 0 saturated carbocycles. The summed E-state index contributed by atoms with van der Waals surface area (Å²) in [4.78, 5) is 16.3. The van der Waals surface area contributed by atoms with Crippen molar-refractivity contribution in [1.29, 1.82) is 0 Å². The summed E-state index contributed by atoms with van der Waals surface area (Å²) in [5.74, 6) is 0. The van der Waals surface area contributed by atoms with Gasteiger partial charge in [0.05, 0.1) is 17.7 Å². The third-order valence-electron chi connectivity index (χ3n) is 1.16. The Bertz CT molecular complexity index is 372. The van der Waals surface area contributed by atoms with Gasteiger partial charge >= 0.3 is 0 Å². The van der Waals surface area contributed by atoms with E-state index in [1.165, 1.54) is 6.20 Å². The number of pyridine rings is 1. The molecule has 1 aromatic rings. The molecular weight excluding hydrogens is 226 g/mol. The van der Waals surface area contributed by atoms with Gasteiger partial charge in [0.25, 0.3) is 11.4 Å². The highest BCUT2D eigenvalue weighted by Gasteiger charge is 2.16. The van der Waals surface area contributed by atoms with Crippen LogP contribution >= 0.6 is 15.9 Å². The van der Waals surface area contributed by atoms with E-state index >= 15 is 0 Å². The monoisotopic (exact) mass is 227 g/mol. The van der Waals surface area contributed by atoms with Gasteiger partial charge in [-0.2, -0.15) is 0 Å². The van der Waals surface area contributed by atoms with Crippen LogP contribution in [0.25, 0.3) is 4.85 Å². The number of aromatic nitrogens is 1. The van der Waals surface area contributed by atoms with Crippen LogP contribution in [0.1, 0.15) is 0 Å². The van der Waals surface area contributed by atoms with Crippen LogP contribution in [-0.2, 0) is 0 Å². The molecule has 0 atom stereocenters. The van der Waals surface area contributed by atoms with E-state index in [9.17, 15) is 10.1 Å². The summed E-state index contributed by atoms with van der Waals surface area (Å²) in [5.41, 5.74) is -0.297. The largest absolute Gasteiger partial charge is 0.298 e. The van der Waals surface area contributed by atoms with Gasteiger partial charge in [-0.25, -0.2) is 4.85 Å². The normalized spacial score (nSPS) is 9.00. The van der Waals surface area contributed by atoms with Crippen molar-refractivity contribution in [2.75, 3.05) is 0 Å². The first-order valence-electron chi connectivity index (χ1n) is 2.82. The predicted octanol–water partition coefficient (Wildman–Crippen LogP) is 2.30. The lowest BCUT2D eigenvalue weighted by Crippen LogP contribution is -1.89. The van der Waals surface area contributed by atoms with Crippen LogP contribution in [0.15, 0.2) is 16.9 Å². The third kappa shape index (κ3) is 1.40. The summed E-state index contributed by atoms with van der Waals surface area (Å²) >= 11 is 2.99. The van der Waals surface area contributed by atoms with Crippen molar-refractivity contribution >= 4 is 27.3 Å². The van der Waals surface area contributed by atoms with E-state index in [2.05, 4.69) is 25.8 Å². The minimum atomic E-state index is -0.634. The molecule has 1 heterocycles. The fourth-order valence-electron chi connectivity index (χ4n) is 0.662. The highest BCUT2D eigenvalue weighted by atomic mass is 79.9. The first-order chi connectivity index (χ1) is 5.66. The lowest BCUT2D eigenvalue weighted by molar-refractivity contribution is -0.384. The SMILES string of the molecule is [C-]#[N+]c1c(Br)cncc1[N+](=O)[O-]. The Morgan fingerprint density at radius 2 is 2.33 bits per heavy atom. The first-order valence-corrected chi connectivity index (χ1v) is 3.61. The van der Waals surface area contributed by atoms with Crippen LogP contribution < -0.4 is 0 Å². The lowest BCUT2D eigenvalue weighted by Gasteiger charge is -1.94. The molecule has 0 amide bonds. The number of rotatable bonds is 1. The van der Waals surface area contributed by atoms with Gasteiger partial charge in [0.2, 0.25) is 0 Å². The number of halogens is 1. The van der Waals surface area contributed by atoms with Gasteiger partial charge in [-0.05, 0) is 0 Å². The summed E-state index contributed by atoms with van der Waals surface area (Å²) < 4.78 is 0.340. The fourth-order valence-corrected chi connectivity index (χ4v) is 1.07. The quantitative estimate of drug-likeness (QED) is 0.420. The number of nitro groups is 1. The third-order valence-corrected chi connectivity index (χ3v) is 1.74. The highest BCUT2D eigenvalue weighted by molar-refractivity contribution is 9.10. The molecule has 0 aliphatic rings. The molecule has 0 unspecified atom stereocenters. The van der Waals surface area contributed by atoms with Crippen LogP contribution in [0.2, 0.25) is 0 Å². The minimum Gasteiger partial charge on any atom is -0.259 e. The molecule has 0 aliphatic carbocycles. The predicted molar refractivity (Wildman–Crippen MR) is 44.9 cm³/mol. The Balaban J connectivity index is 3.40. The standard InChI is InChI=1S/C6H2BrN3O2/c1-8-6-4(7)2-9-3-5(6)10(11)12/h2-3H. The molecule has 0 bridgehead atoms. The maximum atomic E-state index is 10.3. The summed E-state index contributed by atoms with van der Waals surface area (Å²) in [5, 5.41) is 10.3. The molecule has 0 fully saturated rings. The van der Waals surface area contributed by atoms with Gasteiger partial charge in [-0.3, -0.25) is 15.1 Å². The van der Waals surface area contributed by atoms with Crippen LogP contribution in [0.5, 0.6) is 0 Å². The molecular formula is C6H2BrN3O2. The molecule has 0 N–H and O–H groups in total. The van der Waals surface area contributed by atoms with Gasteiger partial charge < -0.3 is 0 Å². The molecule has 60 valence electrons. The Hall–Kier alpha value is -1.48. The molecule has 12 heavy (non-hydrogen) atoms. The maximum absolute atomic E-state index is 10.3. The zero-order chi connectivity index (χ0) is 9.14. The van der Waals surface area contributed by atoms with Crippen molar-refractivity contribution in [3.8, 4) is 0 Å². The van der Waals surface area contributed by atoms with E-state index in [-0.39, 0.29) is 11.4 Å². The zero-order valence-corrected chi connectivity index (χ0v) is 7.28. The van der Waals surface area contributed by atoms with Gasteiger partial charge in [0.15, 0.2) is 0 Å². The van der Waals surface area contributed by atoms with Crippen LogP contribution in [0, 0.1) is 16.7 Å². The second-order valence-corrected chi connectivity index (χ2v) is 2.71. The van der Waals surface area contributed by atoms with Crippen molar-refractivity contribution in [3.05, 3.63) is 38.4 Å². The van der Waals surface area contributed by atoms with Gasteiger partial charge in [-0.15, -0.1) is 0 Å². The van der Waals surface area contributed by atoms with Crippen LogP contribution in [0.3, 0.4) is 0 Å². The average molecular weight is 228 g/mol. The van der Waals surface area contributed by atoms with E-state index in [0.29, 0.717) is 4.47 Å². The van der Waals surface area contributed by atoms with E-state index < -0.39 is 4.92 Å². The average Bonchev–Trinajstić information content (AvgIpc) is 2.03. The number of hydrogen-bond donors (Lipinski definition) is 0. The van der Waals surface area contributed by atoms with Crippen molar-refractivity contribution < 1.29 is 4.92 Å². The van der Waals surface area contributed by atoms with Gasteiger partial charge in [0, 0.05) is 10.7 Å². The Labute approximate surface area is 76.1 Å². The van der Waals surface area contributed by atoms with E-state index in [1.807, 2.05) is 0 Å². The second-order valence-electron chi connectivity index (χ2n) is 1.86. The van der Waals surface area contributed by atoms with E-state index in [0.717, 1.165) is 6.20 Å². The molecule has 1 rings (SSSR count). The van der Waals surface area contributed by atoms with Gasteiger partial charge in [-0.1, -0.05) is 15.9 Å². The summed E-state index contributed by atoms with van der Waals surface area (Å²) in [7, 11) is 0. The number of hydrogen-bond acceptors (Lipinski definition) is 3. The summed E-state index contributed by atoms with van der Waals surface area (Å²) in [6.07, 6.45) is 2.40. The Kier molecular flexibility index (Phi) is 2.35. The Morgan fingerprint density at radius 1 is 1.67 bits per heavy atom. The highest BCUT2D eigenvalue weighted by Crippen LogP contribution is 2.33. The minimum absolute atomic E-state index is 0.0185. The molecule has 0 aromatic carbocycles. The molecule has 0 spiro atoms. The molecule has 0 radical (unpaired) electrons. The topological polar surface area (TPSA) is 60.4 Å². The molecule has 0 aliphatic heterocycles. The molecule has 1 aromatic heterocycles. The van der Waals surface area contributed by atoms with Crippen LogP contribution in [-0.4, -0.2) is 9.91 Å². The fraction of sp³-hybridized carbons (Fsp3) is 0. The van der Waals surface area contributed by atoms with Crippen molar-refractivity contribution in [2.24, 2.45) is 0 Å². The summed E-state index contributed by atoms with van der Waals surface area (Å²) in [6, 6.07) is 0. The molecule has 5 nitrogen and oxygen atoms in total. The lowest BCUT2D eigenvalue weighted by atomic mass is 10.4. The zero-order valence-electron chi connectivity index (χ0n) is 5.69. The van der Waals surface area contributed by atoms with E-state index in [4.69, 9.17) is 6.57 Å². The van der Waals surface area contributed by atoms with Crippen molar-refractivity contribution in [1.82, 2.24) is 4.98 Å². The first kappa shape index (κ1) is 8.62. The second kappa shape index (κ2) is 3.28. The Morgan fingerprint density at radius 3 is 2.75 bits per heavy atom. The smallest absolute Gasteiger partial charge is 0.259 e. The van der Waals surface area contributed by atoms with Crippen LogP contribution in [0.4, 0.5) is 11.4 Å². The van der Waals surface area contributed by atoms with E-state index in [1.54, 1.807) is 0 Å². The summed E-state index contributed by atoms with van der Waals surface area (Å²) in [6.45, 7) is 6.68. The van der Waals surface area contributed by atoms with Gasteiger partial charge in [0.1, 0.15) is 0 Å². The number of nitrogens with zero attached hydrogens (tertiary/aromatic N) is 3. The maximum Gasteiger partial charge on any atom is 0.298 e. The van der Waals surface area contributed by atoms with Crippen molar-refractivity contribution in [3.63, 3.8) is 0 Å². The van der Waals surface area contributed by atoms with Crippen molar-refractivity contribution in [2.45, 2.75) is 0 Å². The molecule has 6 heteroatoms.